The summed E-state index contributed by atoms with van der Waals surface area (Å²) in [6, 6.07) is 5.39. The summed E-state index contributed by atoms with van der Waals surface area (Å²) < 4.78 is 18.6. The lowest BCUT2D eigenvalue weighted by Gasteiger charge is -2.29. The van der Waals surface area contributed by atoms with E-state index in [1.807, 2.05) is 0 Å². The number of anilines is 1. The number of ether oxygens (including phenoxy) is 1. The maximum atomic E-state index is 13.2. The minimum atomic E-state index is -0.711. The van der Waals surface area contributed by atoms with E-state index in [-0.39, 0.29) is 18.9 Å². The fraction of sp³-hybridized carbons (Fsp3) is 0.500. The van der Waals surface area contributed by atoms with Crippen molar-refractivity contribution in [3.8, 4) is 0 Å². The van der Waals surface area contributed by atoms with Gasteiger partial charge in [0.05, 0.1) is 5.92 Å². The molecule has 25 heavy (non-hydrogen) atoms. The van der Waals surface area contributed by atoms with Crippen LogP contribution >= 0.6 is 0 Å². The highest BCUT2D eigenvalue weighted by Crippen LogP contribution is 2.23. The maximum absolute atomic E-state index is 13.2. The predicted molar refractivity (Wildman–Crippen MR) is 90.5 cm³/mol. The third-order valence-corrected chi connectivity index (χ3v) is 3.74. The number of nitrogens with zero attached hydrogens (tertiary/aromatic N) is 1. The van der Waals surface area contributed by atoms with Gasteiger partial charge in [0.1, 0.15) is 11.4 Å². The topological polar surface area (TPSA) is 75.7 Å². The van der Waals surface area contributed by atoms with Gasteiger partial charge in [0.15, 0.2) is 0 Å². The van der Waals surface area contributed by atoms with Crippen molar-refractivity contribution in [2.75, 3.05) is 11.4 Å². The van der Waals surface area contributed by atoms with Crippen molar-refractivity contribution in [3.63, 3.8) is 0 Å². The number of amides is 3. The van der Waals surface area contributed by atoms with Gasteiger partial charge in [-0.25, -0.2) is 9.18 Å². The fourth-order valence-electron chi connectivity index (χ4n) is 2.56. The van der Waals surface area contributed by atoms with Crippen LogP contribution in [0, 0.1) is 11.7 Å². The van der Waals surface area contributed by atoms with E-state index in [1.165, 1.54) is 29.2 Å². The van der Waals surface area contributed by atoms with Crippen LogP contribution in [-0.4, -0.2) is 30.1 Å². The summed E-state index contributed by atoms with van der Waals surface area (Å²) in [5.74, 6) is -1.68. The van der Waals surface area contributed by atoms with Gasteiger partial charge in [0.25, 0.3) is 0 Å². The molecule has 0 radical (unpaired) electrons. The second-order valence-electron chi connectivity index (χ2n) is 7.07. The Morgan fingerprint density at radius 1 is 1.28 bits per heavy atom. The highest BCUT2D eigenvalue weighted by atomic mass is 19.1. The number of hydrogen-bond acceptors (Lipinski definition) is 4. The molecule has 1 aliphatic heterocycles. The number of rotatable bonds is 3. The van der Waals surface area contributed by atoms with Gasteiger partial charge in [-0.05, 0) is 57.9 Å². The molecule has 3 amide bonds. The molecule has 7 heteroatoms. The van der Waals surface area contributed by atoms with E-state index in [2.05, 4.69) is 5.32 Å². The van der Waals surface area contributed by atoms with Crippen LogP contribution in [-0.2, 0) is 14.3 Å². The number of benzene rings is 1. The zero-order valence-corrected chi connectivity index (χ0v) is 14.7. The molecule has 0 aromatic heterocycles. The van der Waals surface area contributed by atoms with Crippen molar-refractivity contribution < 1.29 is 23.5 Å². The summed E-state index contributed by atoms with van der Waals surface area (Å²) >= 11 is 0. The van der Waals surface area contributed by atoms with E-state index in [9.17, 15) is 18.8 Å². The lowest BCUT2D eigenvalue weighted by Crippen LogP contribution is -2.44. The summed E-state index contributed by atoms with van der Waals surface area (Å²) in [6.45, 7) is 5.28. The average molecular weight is 350 g/mol. The van der Waals surface area contributed by atoms with E-state index in [0.717, 1.165) is 0 Å². The molecular formula is C18H23FN2O4. The molecule has 1 aromatic rings. The molecule has 136 valence electrons. The van der Waals surface area contributed by atoms with Crippen molar-refractivity contribution in [2.45, 2.75) is 45.6 Å². The first-order valence-electron chi connectivity index (χ1n) is 8.25. The molecule has 0 spiro atoms. The maximum Gasteiger partial charge on any atom is 0.414 e. The number of hydrogen-bond donors (Lipinski definition) is 1. The van der Waals surface area contributed by atoms with E-state index in [0.29, 0.717) is 18.5 Å². The van der Waals surface area contributed by atoms with Crippen LogP contribution in [0.15, 0.2) is 24.3 Å². The average Bonchev–Trinajstić information content (AvgIpc) is 2.64. The van der Waals surface area contributed by atoms with Crippen LogP contribution in [0.4, 0.5) is 14.9 Å². The summed E-state index contributed by atoms with van der Waals surface area (Å²) in [5, 5.41) is 2.33. The lowest BCUT2D eigenvalue weighted by atomic mass is 10.0. The molecule has 1 unspecified atom stereocenters. The molecule has 1 N–H and O–H groups in total. The zero-order valence-electron chi connectivity index (χ0n) is 14.7. The molecule has 6 nitrogen and oxygen atoms in total. The van der Waals surface area contributed by atoms with Crippen molar-refractivity contribution in [2.24, 2.45) is 5.92 Å². The van der Waals surface area contributed by atoms with Crippen LogP contribution in [0.5, 0.6) is 0 Å². The van der Waals surface area contributed by atoms with E-state index >= 15 is 0 Å². The first-order chi connectivity index (χ1) is 11.7. The molecule has 1 heterocycles. The Bertz CT molecular complexity index is 652. The lowest BCUT2D eigenvalue weighted by molar-refractivity contribution is -0.131. The summed E-state index contributed by atoms with van der Waals surface area (Å²) in [4.78, 5) is 37.6. The van der Waals surface area contributed by atoms with Gasteiger partial charge in [0, 0.05) is 18.7 Å². The number of nitrogens with one attached hydrogen (secondary N) is 1. The Balaban J connectivity index is 2.24. The minimum Gasteiger partial charge on any atom is -0.443 e. The fourth-order valence-corrected chi connectivity index (χ4v) is 2.56. The van der Waals surface area contributed by atoms with E-state index in [1.54, 1.807) is 20.8 Å². The third kappa shape index (κ3) is 5.55. The third-order valence-electron chi connectivity index (χ3n) is 3.74. The molecule has 1 saturated heterocycles. The van der Waals surface area contributed by atoms with E-state index in [4.69, 9.17) is 4.74 Å². The largest absolute Gasteiger partial charge is 0.443 e. The molecule has 0 saturated carbocycles. The standard InChI is InChI=1S/C18H23FN2O4/c1-18(2,3)25-17(24)21(14-9-7-13(19)8-10-14)11-12-5-4-6-15(22)20-16(12)23/h7-10,12H,4-6,11H2,1-3H3,(H,20,22,23). The quantitative estimate of drug-likeness (QED) is 0.850. The highest BCUT2D eigenvalue weighted by Gasteiger charge is 2.31. The highest BCUT2D eigenvalue weighted by molar-refractivity contribution is 5.98. The van der Waals surface area contributed by atoms with Crippen LogP contribution in [0.2, 0.25) is 0 Å². The Hall–Kier alpha value is -2.44. The smallest absolute Gasteiger partial charge is 0.414 e. The summed E-state index contributed by atoms with van der Waals surface area (Å²) in [6.07, 6.45) is 0.708. The summed E-state index contributed by atoms with van der Waals surface area (Å²) in [7, 11) is 0. The normalized spacial score (nSPS) is 18.3. The van der Waals surface area contributed by atoms with Gasteiger partial charge in [-0.15, -0.1) is 0 Å². The Labute approximate surface area is 146 Å². The molecule has 0 bridgehead atoms. The minimum absolute atomic E-state index is 0.0552. The van der Waals surface area contributed by atoms with Crippen LogP contribution < -0.4 is 10.2 Å². The molecule has 1 fully saturated rings. The van der Waals surface area contributed by atoms with Gasteiger partial charge in [-0.1, -0.05) is 0 Å². The van der Waals surface area contributed by atoms with E-state index < -0.39 is 29.3 Å². The molecule has 2 rings (SSSR count). The molecular weight excluding hydrogens is 327 g/mol. The first-order valence-corrected chi connectivity index (χ1v) is 8.25. The zero-order chi connectivity index (χ0) is 18.6. The van der Waals surface area contributed by atoms with Crippen LogP contribution in [0.1, 0.15) is 40.0 Å². The summed E-state index contributed by atoms with van der Waals surface area (Å²) in [5.41, 5.74) is -0.282. The van der Waals surface area contributed by atoms with Gasteiger partial charge in [-0.2, -0.15) is 0 Å². The number of halogens is 1. The van der Waals surface area contributed by atoms with Gasteiger partial charge in [-0.3, -0.25) is 19.8 Å². The van der Waals surface area contributed by atoms with Crippen molar-refractivity contribution in [3.05, 3.63) is 30.1 Å². The SMILES string of the molecule is CC(C)(C)OC(=O)N(CC1CCCC(=O)NC1=O)c1ccc(F)cc1. The number of imide groups is 1. The van der Waals surface area contributed by atoms with Gasteiger partial charge >= 0.3 is 6.09 Å². The Kier molecular flexibility index (Phi) is 5.77. The van der Waals surface area contributed by atoms with Gasteiger partial charge in [0.2, 0.25) is 11.8 Å². The van der Waals surface area contributed by atoms with Crippen LogP contribution in [0.3, 0.4) is 0 Å². The number of carbonyl (C=O) groups is 3. The molecule has 1 aliphatic rings. The van der Waals surface area contributed by atoms with Gasteiger partial charge < -0.3 is 4.74 Å². The van der Waals surface area contributed by atoms with Crippen molar-refractivity contribution in [1.82, 2.24) is 5.32 Å². The second-order valence-corrected chi connectivity index (χ2v) is 7.07. The number of carbonyl (C=O) groups excluding carboxylic acids is 3. The van der Waals surface area contributed by atoms with Crippen molar-refractivity contribution in [1.29, 1.82) is 0 Å². The Morgan fingerprint density at radius 3 is 2.52 bits per heavy atom. The molecule has 1 atom stereocenters. The Morgan fingerprint density at radius 2 is 1.92 bits per heavy atom. The second kappa shape index (κ2) is 7.63. The molecule has 0 aliphatic carbocycles. The predicted octanol–water partition coefficient (Wildman–Crippen LogP) is 3.01. The van der Waals surface area contributed by atoms with Crippen molar-refractivity contribution >= 4 is 23.6 Å². The molecule has 1 aromatic carbocycles. The monoisotopic (exact) mass is 350 g/mol. The van der Waals surface area contributed by atoms with Crippen LogP contribution in [0.25, 0.3) is 0 Å². The first kappa shape index (κ1) is 18.9.